The molecule has 1 rings (SSSR count). The summed E-state index contributed by atoms with van der Waals surface area (Å²) in [6.45, 7) is 0. The normalized spacial score (nSPS) is 15.1. The summed E-state index contributed by atoms with van der Waals surface area (Å²) in [5.74, 6) is -1.02. The fourth-order valence-electron chi connectivity index (χ4n) is 0.213. The van der Waals surface area contributed by atoms with E-state index in [9.17, 15) is 4.79 Å². The summed E-state index contributed by atoms with van der Waals surface area (Å²) in [5, 5.41) is 14.4. The lowest BCUT2D eigenvalue weighted by Crippen LogP contribution is -1.99. The van der Waals surface area contributed by atoms with Crippen molar-refractivity contribution in [3.8, 4) is 0 Å². The van der Waals surface area contributed by atoms with Crippen LogP contribution in [0.4, 0.5) is 0 Å². The van der Waals surface area contributed by atoms with Gasteiger partial charge in [-0.2, -0.15) is 5.11 Å². The Morgan fingerprint density at radius 1 is 1.86 bits per heavy atom. The van der Waals surface area contributed by atoms with Gasteiger partial charge in [0.1, 0.15) is 0 Å². The van der Waals surface area contributed by atoms with Gasteiger partial charge in [0.25, 0.3) is 0 Å². The second kappa shape index (κ2) is 1.14. The quantitative estimate of drug-likeness (QED) is 0.515. The van der Waals surface area contributed by atoms with Crippen molar-refractivity contribution < 1.29 is 9.90 Å². The summed E-state index contributed by atoms with van der Waals surface area (Å²) in [4.78, 5) is 9.76. The van der Waals surface area contributed by atoms with Gasteiger partial charge >= 0.3 is 5.97 Å². The van der Waals surface area contributed by atoms with Gasteiger partial charge in [-0.25, -0.2) is 4.79 Å². The Hall–Kier alpha value is -1.19. The van der Waals surface area contributed by atoms with Gasteiger partial charge in [-0.1, -0.05) is 0 Å². The van der Waals surface area contributed by atoms with Crippen molar-refractivity contribution in [2.24, 2.45) is 10.2 Å². The van der Waals surface area contributed by atoms with Crippen molar-refractivity contribution in [3.05, 3.63) is 11.9 Å². The van der Waals surface area contributed by atoms with Gasteiger partial charge in [-0.15, -0.1) is 5.11 Å². The van der Waals surface area contributed by atoms with Gasteiger partial charge in [-0.05, 0) is 0 Å². The van der Waals surface area contributed by atoms with E-state index < -0.39 is 5.97 Å². The van der Waals surface area contributed by atoms with E-state index in [1.54, 1.807) is 0 Å². The third-order valence-electron chi connectivity index (χ3n) is 0.565. The van der Waals surface area contributed by atoms with Crippen LogP contribution in [-0.4, -0.2) is 11.1 Å². The average Bonchev–Trinajstić information content (AvgIpc) is 1.23. The lowest BCUT2D eigenvalue weighted by molar-refractivity contribution is -0.132. The molecule has 36 valence electrons. The first-order chi connectivity index (χ1) is 3.30. The first-order valence-electron chi connectivity index (χ1n) is 1.65. The number of azo groups is 1. The number of nitrogens with zero attached hydrogens (tertiary/aromatic N) is 2. The minimum atomic E-state index is -1.02. The van der Waals surface area contributed by atoms with Gasteiger partial charge in [0.15, 0.2) is 5.70 Å². The van der Waals surface area contributed by atoms with Crippen LogP contribution in [0.3, 0.4) is 0 Å². The Kier molecular flexibility index (Phi) is 0.651. The second-order valence-corrected chi connectivity index (χ2v) is 1.03. The van der Waals surface area contributed by atoms with E-state index in [2.05, 4.69) is 10.2 Å². The maximum Gasteiger partial charge on any atom is 0.358 e. The van der Waals surface area contributed by atoms with Crippen molar-refractivity contribution in [3.63, 3.8) is 0 Å². The third kappa shape index (κ3) is 0.489. The number of carboxylic acids is 1. The van der Waals surface area contributed by atoms with E-state index in [1.165, 1.54) is 6.20 Å². The molecule has 4 heteroatoms. The molecule has 0 radical (unpaired) electrons. The summed E-state index contributed by atoms with van der Waals surface area (Å²) >= 11 is 0. The summed E-state index contributed by atoms with van der Waals surface area (Å²) in [7, 11) is 0. The van der Waals surface area contributed by atoms with Crippen LogP contribution in [-0.2, 0) is 4.79 Å². The van der Waals surface area contributed by atoms with E-state index in [4.69, 9.17) is 5.11 Å². The van der Waals surface area contributed by atoms with E-state index in [-0.39, 0.29) is 5.70 Å². The van der Waals surface area contributed by atoms with Crippen LogP contribution in [0.5, 0.6) is 0 Å². The number of hydrogen-bond donors (Lipinski definition) is 1. The molecule has 0 spiro atoms. The van der Waals surface area contributed by atoms with Crippen molar-refractivity contribution in [2.45, 2.75) is 0 Å². The highest BCUT2D eigenvalue weighted by Gasteiger charge is 2.09. The smallest absolute Gasteiger partial charge is 0.358 e. The van der Waals surface area contributed by atoms with Gasteiger partial charge in [0.05, 0.1) is 6.20 Å². The molecular weight excluding hydrogens is 96.0 g/mol. The highest BCUT2D eigenvalue weighted by atomic mass is 16.4. The van der Waals surface area contributed by atoms with Gasteiger partial charge in [0, 0.05) is 0 Å². The molecule has 0 atom stereocenters. The van der Waals surface area contributed by atoms with Crippen LogP contribution in [0.2, 0.25) is 0 Å². The summed E-state index contributed by atoms with van der Waals surface area (Å²) in [6.07, 6.45) is 1.20. The highest BCUT2D eigenvalue weighted by molar-refractivity contribution is 5.86. The van der Waals surface area contributed by atoms with Gasteiger partial charge < -0.3 is 5.11 Å². The minimum absolute atomic E-state index is 0.0278. The molecule has 0 saturated carbocycles. The number of rotatable bonds is 1. The predicted octanol–water partition coefficient (Wildman–Crippen LogP) is 0.378. The Morgan fingerprint density at radius 3 is 2.43 bits per heavy atom. The lowest BCUT2D eigenvalue weighted by Gasteiger charge is -1.93. The van der Waals surface area contributed by atoms with Gasteiger partial charge in [0.2, 0.25) is 0 Å². The van der Waals surface area contributed by atoms with Crippen molar-refractivity contribution >= 4 is 5.97 Å². The molecular formula is C3H2N2O2. The maximum atomic E-state index is 9.76. The zero-order valence-electron chi connectivity index (χ0n) is 3.33. The largest absolute Gasteiger partial charge is 0.476 e. The molecule has 0 fully saturated rings. The lowest BCUT2D eigenvalue weighted by atomic mass is 10.5. The first-order valence-corrected chi connectivity index (χ1v) is 1.65. The van der Waals surface area contributed by atoms with Crippen LogP contribution in [0, 0.1) is 0 Å². The standard InChI is InChI=1S/C3H2N2O2/c6-3(7)2-1-4-5-2/h1H,(H,6,7). The third-order valence-corrected chi connectivity index (χ3v) is 0.565. The molecule has 7 heavy (non-hydrogen) atoms. The zero-order valence-corrected chi connectivity index (χ0v) is 3.33. The Morgan fingerprint density at radius 2 is 2.43 bits per heavy atom. The number of carboxylic acid groups (broad SMARTS) is 1. The van der Waals surface area contributed by atoms with Crippen LogP contribution in [0.1, 0.15) is 0 Å². The van der Waals surface area contributed by atoms with Crippen molar-refractivity contribution in [1.29, 1.82) is 0 Å². The number of hydrogen-bond acceptors (Lipinski definition) is 3. The Labute approximate surface area is 39.2 Å². The molecule has 1 aliphatic rings. The summed E-state index contributed by atoms with van der Waals surface area (Å²) in [5.41, 5.74) is 0.0278. The SMILES string of the molecule is O=C(O)C1=CN=N1. The van der Waals surface area contributed by atoms with E-state index in [0.29, 0.717) is 0 Å². The second-order valence-electron chi connectivity index (χ2n) is 1.03. The summed E-state index contributed by atoms with van der Waals surface area (Å²) in [6, 6.07) is 0. The van der Waals surface area contributed by atoms with Gasteiger partial charge in [-0.3, -0.25) is 0 Å². The van der Waals surface area contributed by atoms with E-state index >= 15 is 0 Å². The zero-order chi connectivity index (χ0) is 5.28. The van der Waals surface area contributed by atoms with Crippen molar-refractivity contribution in [1.82, 2.24) is 0 Å². The molecule has 0 aromatic rings. The molecule has 4 nitrogen and oxygen atoms in total. The molecule has 0 aliphatic carbocycles. The topological polar surface area (TPSA) is 62.0 Å². The monoisotopic (exact) mass is 98.0 g/mol. The Balaban J connectivity index is 2.60. The fraction of sp³-hybridized carbons (Fsp3) is 0. The van der Waals surface area contributed by atoms with E-state index in [0.717, 1.165) is 0 Å². The molecule has 0 unspecified atom stereocenters. The minimum Gasteiger partial charge on any atom is -0.476 e. The van der Waals surface area contributed by atoms with Crippen molar-refractivity contribution in [2.75, 3.05) is 0 Å². The Bertz CT molecular complexity index is 158. The highest BCUT2D eigenvalue weighted by Crippen LogP contribution is 2.06. The molecule has 0 amide bonds. The molecule has 0 saturated heterocycles. The number of carbonyl (C=O) groups is 1. The first kappa shape index (κ1) is 3.98. The molecule has 1 heterocycles. The molecule has 0 aromatic carbocycles. The van der Waals surface area contributed by atoms with E-state index in [1.807, 2.05) is 0 Å². The average molecular weight is 98.1 g/mol. The van der Waals surface area contributed by atoms with Crippen LogP contribution in [0.15, 0.2) is 22.1 Å². The molecule has 0 aromatic heterocycles. The molecule has 0 bridgehead atoms. The van der Waals surface area contributed by atoms with Crippen LogP contribution >= 0.6 is 0 Å². The number of aliphatic carboxylic acids is 1. The maximum absolute atomic E-state index is 9.76. The van der Waals surface area contributed by atoms with Crippen LogP contribution < -0.4 is 0 Å². The molecule has 1 N–H and O–H groups in total. The molecule has 1 aliphatic heterocycles. The fourth-order valence-corrected chi connectivity index (χ4v) is 0.213. The van der Waals surface area contributed by atoms with Crippen LogP contribution in [0.25, 0.3) is 0 Å². The summed E-state index contributed by atoms with van der Waals surface area (Å²) < 4.78 is 0. The predicted molar refractivity (Wildman–Crippen MR) is 20.6 cm³/mol.